The molecule has 0 amide bonds. The Kier molecular flexibility index (Phi) is 4.72. The molecule has 0 radical (unpaired) electrons. The van der Waals surface area contributed by atoms with Crippen LogP contribution in [0, 0.1) is 0 Å². The lowest BCUT2D eigenvalue weighted by molar-refractivity contribution is 0.441. The molecular weight excluding hydrogens is 322 g/mol. The van der Waals surface area contributed by atoms with E-state index in [1.165, 1.54) is 0 Å². The molecule has 4 heteroatoms. The minimum Gasteiger partial charge on any atom is -0.426 e. The predicted octanol–water partition coefficient (Wildman–Crippen LogP) is 5.89. The van der Waals surface area contributed by atoms with Crippen molar-refractivity contribution in [2.45, 2.75) is 19.8 Å². The highest BCUT2D eigenvalue weighted by Crippen LogP contribution is 2.38. The molecular formula is C20H18ClNO2. The van der Waals surface area contributed by atoms with Gasteiger partial charge >= 0.3 is 5.63 Å². The first-order valence-corrected chi connectivity index (χ1v) is 8.19. The molecule has 0 aliphatic heterocycles. The van der Waals surface area contributed by atoms with Crippen molar-refractivity contribution in [3.8, 4) is 0 Å². The van der Waals surface area contributed by atoms with Crippen LogP contribution in [0.4, 0.5) is 17.1 Å². The molecule has 0 aliphatic carbocycles. The maximum atomic E-state index is 12.2. The highest BCUT2D eigenvalue weighted by molar-refractivity contribution is 6.33. The number of rotatable bonds is 4. The Morgan fingerprint density at radius 1 is 0.917 bits per heavy atom. The van der Waals surface area contributed by atoms with E-state index in [1.807, 2.05) is 85.5 Å². The zero-order valence-electron chi connectivity index (χ0n) is 13.6. The molecule has 3 rings (SSSR count). The number of halogens is 1. The van der Waals surface area contributed by atoms with E-state index in [0.717, 1.165) is 11.4 Å². The third-order valence-electron chi connectivity index (χ3n) is 3.73. The molecule has 3 aromatic rings. The van der Waals surface area contributed by atoms with Gasteiger partial charge in [-0.3, -0.25) is 0 Å². The Hall–Kier alpha value is -2.52. The summed E-state index contributed by atoms with van der Waals surface area (Å²) in [5.74, 6) is 0.693. The van der Waals surface area contributed by atoms with E-state index in [-0.39, 0.29) is 10.9 Å². The lowest BCUT2D eigenvalue weighted by Crippen LogP contribution is -2.15. The Bertz CT molecular complexity index is 834. The van der Waals surface area contributed by atoms with Gasteiger partial charge in [0.15, 0.2) is 5.02 Å². The van der Waals surface area contributed by atoms with Crippen LogP contribution in [-0.4, -0.2) is 0 Å². The van der Waals surface area contributed by atoms with Gasteiger partial charge in [0.25, 0.3) is 0 Å². The van der Waals surface area contributed by atoms with Crippen molar-refractivity contribution in [2.24, 2.45) is 0 Å². The number of para-hydroxylation sites is 2. The predicted molar refractivity (Wildman–Crippen MR) is 98.8 cm³/mol. The molecule has 1 aromatic heterocycles. The maximum absolute atomic E-state index is 12.2. The van der Waals surface area contributed by atoms with Gasteiger partial charge in [-0.25, -0.2) is 4.79 Å². The van der Waals surface area contributed by atoms with Gasteiger partial charge in [0.2, 0.25) is 0 Å². The molecule has 3 nitrogen and oxygen atoms in total. The maximum Gasteiger partial charge on any atom is 0.357 e. The molecule has 0 saturated carbocycles. The van der Waals surface area contributed by atoms with Gasteiger partial charge in [-0.15, -0.1) is 0 Å². The minimum absolute atomic E-state index is 0.0760. The molecule has 2 aromatic carbocycles. The Morgan fingerprint density at radius 2 is 1.42 bits per heavy atom. The number of hydrogen-bond acceptors (Lipinski definition) is 3. The van der Waals surface area contributed by atoms with Crippen LogP contribution in [0.3, 0.4) is 0 Å². The van der Waals surface area contributed by atoms with Crippen LogP contribution in [0.25, 0.3) is 0 Å². The van der Waals surface area contributed by atoms with Crippen molar-refractivity contribution in [3.63, 3.8) is 0 Å². The van der Waals surface area contributed by atoms with Crippen molar-refractivity contribution in [2.75, 3.05) is 4.90 Å². The summed E-state index contributed by atoms with van der Waals surface area (Å²) < 4.78 is 5.32. The molecule has 122 valence electrons. The number of benzene rings is 2. The van der Waals surface area contributed by atoms with Crippen LogP contribution in [0.1, 0.15) is 25.5 Å². The zero-order chi connectivity index (χ0) is 17.1. The van der Waals surface area contributed by atoms with E-state index in [9.17, 15) is 4.79 Å². The van der Waals surface area contributed by atoms with Crippen LogP contribution >= 0.6 is 11.6 Å². The van der Waals surface area contributed by atoms with Crippen LogP contribution in [0.5, 0.6) is 0 Å². The highest BCUT2D eigenvalue weighted by Gasteiger charge is 2.20. The van der Waals surface area contributed by atoms with Gasteiger partial charge in [0.1, 0.15) is 5.76 Å². The SMILES string of the molecule is CC(C)c1cc(N(c2ccccc2)c2ccccc2)c(Cl)c(=O)o1. The van der Waals surface area contributed by atoms with E-state index in [0.29, 0.717) is 11.4 Å². The normalized spacial score (nSPS) is 10.8. The van der Waals surface area contributed by atoms with Crippen molar-refractivity contribution >= 4 is 28.7 Å². The lowest BCUT2D eigenvalue weighted by Gasteiger charge is -2.26. The van der Waals surface area contributed by atoms with Crippen LogP contribution < -0.4 is 10.5 Å². The summed E-state index contributed by atoms with van der Waals surface area (Å²) in [5, 5.41) is 0.0760. The lowest BCUT2D eigenvalue weighted by atomic mass is 10.1. The molecule has 0 unspecified atom stereocenters. The van der Waals surface area contributed by atoms with E-state index < -0.39 is 5.63 Å². The van der Waals surface area contributed by atoms with E-state index in [2.05, 4.69) is 0 Å². The van der Waals surface area contributed by atoms with Crippen LogP contribution in [0.2, 0.25) is 5.02 Å². The van der Waals surface area contributed by atoms with E-state index in [4.69, 9.17) is 16.0 Å². The highest BCUT2D eigenvalue weighted by atomic mass is 35.5. The second-order valence-corrected chi connectivity index (χ2v) is 6.17. The molecule has 0 spiro atoms. The Morgan fingerprint density at radius 3 is 1.88 bits per heavy atom. The average Bonchev–Trinajstić information content (AvgIpc) is 2.60. The fourth-order valence-electron chi connectivity index (χ4n) is 2.51. The van der Waals surface area contributed by atoms with E-state index in [1.54, 1.807) is 0 Å². The summed E-state index contributed by atoms with van der Waals surface area (Å²) in [5.41, 5.74) is 1.94. The fourth-order valence-corrected chi connectivity index (χ4v) is 2.69. The summed E-state index contributed by atoms with van der Waals surface area (Å²) in [6, 6.07) is 21.5. The molecule has 0 bridgehead atoms. The van der Waals surface area contributed by atoms with Gasteiger partial charge < -0.3 is 9.32 Å². The summed E-state index contributed by atoms with van der Waals surface area (Å²) in [4.78, 5) is 14.2. The molecule has 0 N–H and O–H groups in total. The average molecular weight is 340 g/mol. The topological polar surface area (TPSA) is 33.5 Å². The second-order valence-electron chi connectivity index (χ2n) is 5.80. The van der Waals surface area contributed by atoms with Crippen molar-refractivity contribution in [1.82, 2.24) is 0 Å². The second kappa shape index (κ2) is 6.93. The first-order chi connectivity index (χ1) is 11.6. The summed E-state index contributed by atoms with van der Waals surface area (Å²) in [6.07, 6.45) is 0. The number of anilines is 3. The van der Waals surface area contributed by atoms with Crippen LogP contribution in [-0.2, 0) is 0 Å². The summed E-state index contributed by atoms with van der Waals surface area (Å²) >= 11 is 6.32. The van der Waals surface area contributed by atoms with E-state index >= 15 is 0 Å². The van der Waals surface area contributed by atoms with Crippen molar-refractivity contribution in [3.05, 3.63) is 87.9 Å². The zero-order valence-corrected chi connectivity index (χ0v) is 14.3. The summed E-state index contributed by atoms with van der Waals surface area (Å²) in [7, 11) is 0. The van der Waals surface area contributed by atoms with Crippen molar-refractivity contribution in [1.29, 1.82) is 0 Å². The first kappa shape index (κ1) is 16.3. The van der Waals surface area contributed by atoms with Crippen molar-refractivity contribution < 1.29 is 4.42 Å². The summed E-state index contributed by atoms with van der Waals surface area (Å²) in [6.45, 7) is 3.96. The third kappa shape index (κ3) is 3.22. The molecule has 0 fully saturated rings. The van der Waals surface area contributed by atoms with Gasteiger partial charge in [-0.05, 0) is 24.3 Å². The molecule has 1 heterocycles. The molecule has 24 heavy (non-hydrogen) atoms. The van der Waals surface area contributed by atoms with Crippen LogP contribution in [0.15, 0.2) is 75.9 Å². The van der Waals surface area contributed by atoms with Gasteiger partial charge in [-0.1, -0.05) is 61.8 Å². The monoisotopic (exact) mass is 339 g/mol. The fraction of sp³-hybridized carbons (Fsp3) is 0.150. The largest absolute Gasteiger partial charge is 0.426 e. The number of nitrogens with zero attached hydrogens (tertiary/aromatic N) is 1. The molecule has 0 aliphatic rings. The number of hydrogen-bond donors (Lipinski definition) is 0. The minimum atomic E-state index is -0.519. The third-order valence-corrected chi connectivity index (χ3v) is 4.08. The molecule has 0 atom stereocenters. The molecule has 0 saturated heterocycles. The Balaban J connectivity index is 2.26. The standard InChI is InChI=1S/C20H18ClNO2/c1-14(2)18-13-17(19(21)20(23)24-18)22(15-9-5-3-6-10-15)16-11-7-4-8-12-16/h3-14H,1-2H3. The Labute approximate surface area is 146 Å². The smallest absolute Gasteiger partial charge is 0.357 e. The van der Waals surface area contributed by atoms with Gasteiger partial charge in [0, 0.05) is 23.4 Å². The van der Waals surface area contributed by atoms with Gasteiger partial charge in [0.05, 0.1) is 5.69 Å². The quantitative estimate of drug-likeness (QED) is 0.594. The van der Waals surface area contributed by atoms with Gasteiger partial charge in [-0.2, -0.15) is 0 Å². The first-order valence-electron chi connectivity index (χ1n) is 7.81.